The lowest BCUT2D eigenvalue weighted by Crippen LogP contribution is -2.14. The van der Waals surface area contributed by atoms with Gasteiger partial charge in [0.05, 0.1) is 0 Å². The smallest absolute Gasteiger partial charge is 0.266 e. The van der Waals surface area contributed by atoms with Crippen molar-refractivity contribution in [1.29, 1.82) is 5.26 Å². The number of carbonyl (C=O) groups excluding carboxylic acids is 1. The summed E-state index contributed by atoms with van der Waals surface area (Å²) in [6, 6.07) is 20.2. The number of nitrogens with zero attached hydrogens (tertiary/aromatic N) is 1. The second-order valence-corrected chi connectivity index (χ2v) is 7.17. The van der Waals surface area contributed by atoms with Gasteiger partial charge in [0.25, 0.3) is 5.91 Å². The summed E-state index contributed by atoms with van der Waals surface area (Å²) in [5.74, 6) is -0.0435. The van der Waals surface area contributed by atoms with Gasteiger partial charge in [0.1, 0.15) is 17.4 Å². The molecule has 0 aliphatic rings. The molecule has 0 atom stereocenters. The first-order valence-electron chi connectivity index (χ1n) is 8.07. The molecule has 3 aromatic rings. The zero-order chi connectivity index (χ0) is 19.2. The maximum atomic E-state index is 12.4. The predicted molar refractivity (Wildman–Crippen MR) is 108 cm³/mol. The number of hydrogen-bond acceptors (Lipinski definition) is 4. The van der Waals surface area contributed by atoms with Gasteiger partial charge < -0.3 is 9.73 Å². The lowest BCUT2D eigenvalue weighted by molar-refractivity contribution is -0.112. The van der Waals surface area contributed by atoms with Crippen LogP contribution in [-0.4, -0.2) is 5.91 Å². The number of amides is 1. The van der Waals surface area contributed by atoms with Crippen molar-refractivity contribution in [3.8, 4) is 6.07 Å². The summed E-state index contributed by atoms with van der Waals surface area (Å²) in [6.07, 6.45) is 1.43. The maximum Gasteiger partial charge on any atom is 0.266 e. The van der Waals surface area contributed by atoms with Gasteiger partial charge in [0.15, 0.2) is 5.09 Å². The highest BCUT2D eigenvalue weighted by molar-refractivity contribution is 7.99. The van der Waals surface area contributed by atoms with Gasteiger partial charge in [-0.1, -0.05) is 41.6 Å². The van der Waals surface area contributed by atoms with Crippen LogP contribution in [0.4, 0.5) is 5.69 Å². The molecule has 0 radical (unpaired) electrons. The Balaban J connectivity index is 1.73. The van der Waals surface area contributed by atoms with E-state index in [0.29, 0.717) is 21.6 Å². The highest BCUT2D eigenvalue weighted by Crippen LogP contribution is 2.30. The third kappa shape index (κ3) is 5.04. The molecule has 6 heteroatoms. The van der Waals surface area contributed by atoms with E-state index >= 15 is 0 Å². The number of furan rings is 1. The van der Waals surface area contributed by atoms with Crippen LogP contribution in [-0.2, 0) is 4.79 Å². The number of carbonyl (C=O) groups is 1. The van der Waals surface area contributed by atoms with E-state index < -0.39 is 5.91 Å². The van der Waals surface area contributed by atoms with Crippen molar-refractivity contribution in [1.82, 2.24) is 0 Å². The van der Waals surface area contributed by atoms with Crippen LogP contribution in [0.5, 0.6) is 0 Å². The highest BCUT2D eigenvalue weighted by Gasteiger charge is 2.12. The second kappa shape index (κ2) is 8.63. The van der Waals surface area contributed by atoms with E-state index in [1.54, 1.807) is 30.3 Å². The van der Waals surface area contributed by atoms with E-state index in [1.165, 1.54) is 17.8 Å². The monoisotopic (exact) mass is 394 g/mol. The van der Waals surface area contributed by atoms with E-state index in [2.05, 4.69) is 5.32 Å². The molecule has 0 aliphatic carbocycles. The predicted octanol–water partition coefficient (Wildman–Crippen LogP) is 5.94. The Bertz CT molecular complexity index is 1030. The number of anilines is 1. The summed E-state index contributed by atoms with van der Waals surface area (Å²) >= 11 is 7.31. The highest BCUT2D eigenvalue weighted by atomic mass is 35.5. The molecule has 0 spiro atoms. The molecule has 1 heterocycles. The maximum absolute atomic E-state index is 12.4. The minimum atomic E-state index is -0.477. The van der Waals surface area contributed by atoms with Crippen molar-refractivity contribution in [2.45, 2.75) is 16.9 Å². The Morgan fingerprint density at radius 2 is 1.89 bits per heavy atom. The normalized spacial score (nSPS) is 11.1. The molecule has 2 aromatic carbocycles. The van der Waals surface area contributed by atoms with E-state index in [-0.39, 0.29) is 5.57 Å². The van der Waals surface area contributed by atoms with Crippen LogP contribution in [0.2, 0.25) is 5.02 Å². The molecule has 1 N–H and O–H groups in total. The van der Waals surface area contributed by atoms with Crippen LogP contribution in [0.25, 0.3) is 6.08 Å². The van der Waals surface area contributed by atoms with Crippen LogP contribution in [0.3, 0.4) is 0 Å². The standard InChI is InChI=1S/C21H15ClN2O2S/c1-14-4-2-3-5-19(14)24-21(25)15(13-23)12-17-8-11-20(26-17)27-18-9-6-16(22)7-10-18/h2-12H,1H3,(H,24,25)/b15-12+. The molecular weight excluding hydrogens is 380 g/mol. The van der Waals surface area contributed by atoms with Crippen molar-refractivity contribution < 1.29 is 9.21 Å². The summed E-state index contributed by atoms with van der Waals surface area (Å²) in [4.78, 5) is 13.3. The number of benzene rings is 2. The number of nitrogens with one attached hydrogen (secondary N) is 1. The van der Waals surface area contributed by atoms with Crippen molar-refractivity contribution in [2.75, 3.05) is 5.32 Å². The molecule has 1 aromatic heterocycles. The fourth-order valence-electron chi connectivity index (χ4n) is 2.28. The van der Waals surface area contributed by atoms with Gasteiger partial charge in [0, 0.05) is 21.7 Å². The SMILES string of the molecule is Cc1ccccc1NC(=O)/C(C#N)=C/c1ccc(Sc2ccc(Cl)cc2)o1. The van der Waals surface area contributed by atoms with Gasteiger partial charge in [-0.05, 0) is 55.0 Å². The van der Waals surface area contributed by atoms with Crippen LogP contribution >= 0.6 is 23.4 Å². The van der Waals surface area contributed by atoms with E-state index in [0.717, 1.165) is 10.5 Å². The van der Waals surface area contributed by atoms with Gasteiger partial charge >= 0.3 is 0 Å². The Hall–Kier alpha value is -2.94. The lowest BCUT2D eigenvalue weighted by Gasteiger charge is -2.06. The fourth-order valence-corrected chi connectivity index (χ4v) is 3.18. The van der Waals surface area contributed by atoms with E-state index in [9.17, 15) is 10.1 Å². The van der Waals surface area contributed by atoms with Gasteiger partial charge in [-0.25, -0.2) is 0 Å². The molecule has 0 aliphatic heterocycles. The second-order valence-electron chi connectivity index (χ2n) is 5.65. The molecule has 0 saturated heterocycles. The third-order valence-corrected chi connectivity index (χ3v) is 4.86. The zero-order valence-corrected chi connectivity index (χ0v) is 16.0. The molecule has 0 fully saturated rings. The fraction of sp³-hybridized carbons (Fsp3) is 0.0476. The number of rotatable bonds is 5. The molecule has 3 rings (SSSR count). The van der Waals surface area contributed by atoms with Crippen molar-refractivity contribution in [3.05, 3.63) is 82.6 Å². The number of halogens is 1. The third-order valence-electron chi connectivity index (χ3n) is 3.68. The van der Waals surface area contributed by atoms with Crippen LogP contribution in [0.1, 0.15) is 11.3 Å². The summed E-state index contributed by atoms with van der Waals surface area (Å²) in [5, 5.41) is 13.4. The molecule has 134 valence electrons. The number of nitriles is 1. The zero-order valence-electron chi connectivity index (χ0n) is 14.4. The number of para-hydroxylation sites is 1. The minimum absolute atomic E-state index is 0.0318. The van der Waals surface area contributed by atoms with Crippen LogP contribution in [0, 0.1) is 18.3 Å². The molecular formula is C21H15ClN2O2S. The number of hydrogen-bond donors (Lipinski definition) is 1. The Morgan fingerprint density at radius 3 is 2.59 bits per heavy atom. The molecule has 0 unspecified atom stereocenters. The van der Waals surface area contributed by atoms with Crippen molar-refractivity contribution in [3.63, 3.8) is 0 Å². The van der Waals surface area contributed by atoms with Crippen LogP contribution < -0.4 is 5.32 Å². The summed E-state index contributed by atoms with van der Waals surface area (Å²) < 4.78 is 5.70. The van der Waals surface area contributed by atoms with Crippen LogP contribution in [0.15, 0.2) is 80.6 Å². The van der Waals surface area contributed by atoms with Gasteiger partial charge in [0.2, 0.25) is 0 Å². The molecule has 27 heavy (non-hydrogen) atoms. The van der Waals surface area contributed by atoms with E-state index in [4.69, 9.17) is 16.0 Å². The first kappa shape index (κ1) is 18.8. The van der Waals surface area contributed by atoms with Gasteiger partial charge in [-0.15, -0.1) is 0 Å². The minimum Gasteiger partial charge on any atom is -0.450 e. The van der Waals surface area contributed by atoms with Crippen molar-refractivity contribution in [2.24, 2.45) is 0 Å². The average molecular weight is 395 g/mol. The topological polar surface area (TPSA) is 66.0 Å². The Kier molecular flexibility index (Phi) is 6.02. The summed E-state index contributed by atoms with van der Waals surface area (Å²) in [7, 11) is 0. The lowest BCUT2D eigenvalue weighted by atomic mass is 10.2. The number of aryl methyl sites for hydroxylation is 1. The molecule has 0 saturated carbocycles. The largest absolute Gasteiger partial charge is 0.450 e. The average Bonchev–Trinajstić information content (AvgIpc) is 3.10. The molecule has 4 nitrogen and oxygen atoms in total. The van der Waals surface area contributed by atoms with Crippen molar-refractivity contribution >= 4 is 41.0 Å². The first-order chi connectivity index (χ1) is 13.0. The quantitative estimate of drug-likeness (QED) is 0.429. The Morgan fingerprint density at radius 1 is 1.15 bits per heavy atom. The van der Waals surface area contributed by atoms with Gasteiger partial charge in [-0.3, -0.25) is 4.79 Å². The first-order valence-corrected chi connectivity index (χ1v) is 9.26. The van der Waals surface area contributed by atoms with E-state index in [1.807, 2.05) is 43.3 Å². The Labute approximate surface area is 166 Å². The molecule has 0 bridgehead atoms. The van der Waals surface area contributed by atoms with Gasteiger partial charge in [-0.2, -0.15) is 5.26 Å². The molecule has 1 amide bonds. The summed E-state index contributed by atoms with van der Waals surface area (Å²) in [5.41, 5.74) is 1.56. The summed E-state index contributed by atoms with van der Waals surface area (Å²) in [6.45, 7) is 1.89.